The van der Waals surface area contributed by atoms with Gasteiger partial charge in [0.1, 0.15) is 0 Å². The van der Waals surface area contributed by atoms with Crippen LogP contribution in [0.5, 0.6) is 0 Å². The Hall–Kier alpha value is -1.80. The van der Waals surface area contributed by atoms with Gasteiger partial charge in [-0.15, -0.1) is 10.2 Å². The summed E-state index contributed by atoms with van der Waals surface area (Å²) in [6.07, 6.45) is 0.413. The molecule has 1 aromatic carbocycles. The van der Waals surface area contributed by atoms with Crippen LogP contribution in [0.2, 0.25) is 0 Å². The molecule has 1 amide bonds. The van der Waals surface area contributed by atoms with Crippen LogP contribution in [-0.4, -0.2) is 36.0 Å². The molecule has 0 saturated heterocycles. The van der Waals surface area contributed by atoms with Crippen LogP contribution in [0.25, 0.3) is 0 Å². The molecule has 21 heavy (non-hydrogen) atoms. The molecular formula is C13H17N5OS2. The summed E-state index contributed by atoms with van der Waals surface area (Å²) in [5.74, 6) is 0.626. The lowest BCUT2D eigenvalue weighted by molar-refractivity contribution is -0.115. The topological polar surface area (TPSA) is 84.1 Å². The number of nitrogens with one attached hydrogen (secondary N) is 1. The van der Waals surface area contributed by atoms with E-state index < -0.39 is 0 Å². The second-order valence-corrected chi connectivity index (χ2v) is 6.82. The number of hydrogen-bond acceptors (Lipinski definition) is 7. The van der Waals surface area contributed by atoms with Gasteiger partial charge < -0.3 is 16.0 Å². The predicted octanol–water partition coefficient (Wildman–Crippen LogP) is 2.31. The number of carbonyl (C=O) groups excluding carboxylic acids is 1. The molecule has 8 heteroatoms. The van der Waals surface area contributed by atoms with E-state index in [1.807, 2.05) is 31.1 Å². The van der Waals surface area contributed by atoms with Crippen molar-refractivity contribution in [3.63, 3.8) is 0 Å². The summed E-state index contributed by atoms with van der Waals surface area (Å²) < 4.78 is 0.871. The number of benzene rings is 1. The van der Waals surface area contributed by atoms with Crippen LogP contribution < -0.4 is 16.0 Å². The quantitative estimate of drug-likeness (QED) is 0.627. The van der Waals surface area contributed by atoms with E-state index in [2.05, 4.69) is 15.5 Å². The van der Waals surface area contributed by atoms with Crippen LogP contribution in [0, 0.1) is 0 Å². The third-order valence-electron chi connectivity index (χ3n) is 2.50. The van der Waals surface area contributed by atoms with Gasteiger partial charge in [-0.25, -0.2) is 0 Å². The third kappa shape index (κ3) is 4.91. The third-order valence-corrected chi connectivity index (χ3v) is 4.73. The van der Waals surface area contributed by atoms with E-state index in [0.717, 1.165) is 15.2 Å². The van der Waals surface area contributed by atoms with E-state index in [4.69, 9.17) is 5.73 Å². The molecule has 0 aliphatic rings. The molecular weight excluding hydrogens is 306 g/mol. The van der Waals surface area contributed by atoms with Crippen LogP contribution >= 0.6 is 23.1 Å². The zero-order chi connectivity index (χ0) is 15.2. The zero-order valence-electron chi connectivity index (χ0n) is 11.9. The SMILES string of the molecule is CN(C)c1nnc(SCCC(=O)Nc2cccc(N)c2)s1. The smallest absolute Gasteiger partial charge is 0.225 e. The summed E-state index contributed by atoms with van der Waals surface area (Å²) >= 11 is 3.05. The number of hydrogen-bond donors (Lipinski definition) is 2. The molecule has 1 aromatic heterocycles. The van der Waals surface area contributed by atoms with Crippen molar-refractivity contribution in [3.05, 3.63) is 24.3 Å². The molecule has 0 bridgehead atoms. The molecule has 2 aromatic rings. The van der Waals surface area contributed by atoms with Crippen LogP contribution in [0.4, 0.5) is 16.5 Å². The average molecular weight is 323 g/mol. The van der Waals surface area contributed by atoms with Gasteiger partial charge in [0.15, 0.2) is 4.34 Å². The van der Waals surface area contributed by atoms with Crippen molar-refractivity contribution in [2.75, 3.05) is 35.8 Å². The van der Waals surface area contributed by atoms with Gasteiger partial charge in [0.05, 0.1) is 0 Å². The maximum atomic E-state index is 11.8. The van der Waals surface area contributed by atoms with Crippen molar-refractivity contribution in [1.82, 2.24) is 10.2 Å². The molecule has 0 spiro atoms. The molecule has 0 atom stereocenters. The molecule has 0 fully saturated rings. The molecule has 0 aliphatic carbocycles. The van der Waals surface area contributed by atoms with Crippen LogP contribution in [0.1, 0.15) is 6.42 Å². The van der Waals surface area contributed by atoms with Crippen LogP contribution in [0.15, 0.2) is 28.6 Å². The highest BCUT2D eigenvalue weighted by Crippen LogP contribution is 2.27. The summed E-state index contributed by atoms with van der Waals surface area (Å²) in [4.78, 5) is 13.7. The number of amides is 1. The number of nitrogens with zero attached hydrogens (tertiary/aromatic N) is 3. The first-order valence-corrected chi connectivity index (χ1v) is 8.14. The average Bonchev–Trinajstić information content (AvgIpc) is 2.87. The van der Waals surface area contributed by atoms with Gasteiger partial charge in [-0.2, -0.15) is 0 Å². The van der Waals surface area contributed by atoms with Gasteiger partial charge in [0, 0.05) is 37.6 Å². The molecule has 0 unspecified atom stereocenters. The normalized spacial score (nSPS) is 10.4. The highest BCUT2D eigenvalue weighted by Gasteiger charge is 2.08. The first-order valence-electron chi connectivity index (χ1n) is 6.33. The number of rotatable bonds is 6. The molecule has 112 valence electrons. The number of anilines is 3. The summed E-state index contributed by atoms with van der Waals surface area (Å²) in [6.45, 7) is 0. The summed E-state index contributed by atoms with van der Waals surface area (Å²) in [7, 11) is 3.85. The van der Waals surface area contributed by atoms with Gasteiger partial charge in [0.25, 0.3) is 0 Å². The first-order chi connectivity index (χ1) is 10.0. The van der Waals surface area contributed by atoms with E-state index in [9.17, 15) is 4.79 Å². The van der Waals surface area contributed by atoms with Crippen molar-refractivity contribution in [2.24, 2.45) is 0 Å². The molecule has 2 rings (SSSR count). The number of aromatic nitrogens is 2. The van der Waals surface area contributed by atoms with Gasteiger partial charge >= 0.3 is 0 Å². The molecule has 3 N–H and O–H groups in total. The van der Waals surface area contributed by atoms with Crippen molar-refractivity contribution in [3.8, 4) is 0 Å². The van der Waals surface area contributed by atoms with E-state index in [-0.39, 0.29) is 5.91 Å². The maximum Gasteiger partial charge on any atom is 0.225 e. The minimum absolute atomic E-state index is 0.0366. The maximum absolute atomic E-state index is 11.8. The highest BCUT2D eigenvalue weighted by atomic mass is 32.2. The lowest BCUT2D eigenvalue weighted by Gasteiger charge is -2.05. The lowest BCUT2D eigenvalue weighted by Crippen LogP contribution is -2.12. The van der Waals surface area contributed by atoms with Crippen LogP contribution in [0.3, 0.4) is 0 Å². The van der Waals surface area contributed by atoms with E-state index in [0.29, 0.717) is 17.9 Å². The standard InChI is InChI=1S/C13H17N5OS2/c1-18(2)12-16-17-13(21-12)20-7-6-11(19)15-10-5-3-4-9(14)8-10/h3-5,8H,6-7,14H2,1-2H3,(H,15,19). The molecule has 6 nitrogen and oxygen atoms in total. The Labute approximate surface area is 131 Å². The predicted molar refractivity (Wildman–Crippen MR) is 89.1 cm³/mol. The fourth-order valence-electron chi connectivity index (χ4n) is 1.51. The van der Waals surface area contributed by atoms with Crippen molar-refractivity contribution in [2.45, 2.75) is 10.8 Å². The van der Waals surface area contributed by atoms with Gasteiger partial charge in [-0.1, -0.05) is 29.2 Å². The molecule has 0 saturated carbocycles. The van der Waals surface area contributed by atoms with E-state index in [1.165, 1.54) is 23.1 Å². The number of carbonyl (C=O) groups is 1. The Balaban J connectivity index is 1.76. The van der Waals surface area contributed by atoms with Crippen molar-refractivity contribution < 1.29 is 4.79 Å². The van der Waals surface area contributed by atoms with Crippen LogP contribution in [-0.2, 0) is 4.79 Å². The molecule has 0 radical (unpaired) electrons. The van der Waals surface area contributed by atoms with Gasteiger partial charge in [-0.3, -0.25) is 4.79 Å². The summed E-state index contributed by atoms with van der Waals surface area (Å²) in [5.41, 5.74) is 7.01. The number of nitrogen functional groups attached to an aromatic ring is 1. The number of thioether (sulfide) groups is 1. The van der Waals surface area contributed by atoms with Gasteiger partial charge in [0.2, 0.25) is 11.0 Å². The van der Waals surface area contributed by atoms with Crippen molar-refractivity contribution >= 4 is 45.5 Å². The molecule has 1 heterocycles. The Morgan fingerprint density at radius 2 is 2.24 bits per heavy atom. The Bertz CT molecular complexity index is 614. The Morgan fingerprint density at radius 1 is 1.43 bits per heavy atom. The number of nitrogens with two attached hydrogens (primary N) is 1. The fraction of sp³-hybridized carbons (Fsp3) is 0.308. The van der Waals surface area contributed by atoms with E-state index >= 15 is 0 Å². The minimum atomic E-state index is -0.0366. The van der Waals surface area contributed by atoms with Crippen molar-refractivity contribution in [1.29, 1.82) is 0 Å². The second kappa shape index (κ2) is 7.28. The first kappa shape index (κ1) is 15.6. The summed E-state index contributed by atoms with van der Waals surface area (Å²) in [5, 5.41) is 11.8. The second-order valence-electron chi connectivity index (χ2n) is 4.52. The minimum Gasteiger partial charge on any atom is -0.399 e. The lowest BCUT2D eigenvalue weighted by atomic mass is 10.3. The Kier molecular flexibility index (Phi) is 5.40. The van der Waals surface area contributed by atoms with Gasteiger partial charge in [-0.05, 0) is 18.2 Å². The highest BCUT2D eigenvalue weighted by molar-refractivity contribution is 8.01. The summed E-state index contributed by atoms with van der Waals surface area (Å²) in [6, 6.07) is 7.14. The molecule has 0 aliphatic heterocycles. The fourth-order valence-corrected chi connectivity index (χ4v) is 3.28. The largest absolute Gasteiger partial charge is 0.399 e. The zero-order valence-corrected chi connectivity index (χ0v) is 13.5. The Morgan fingerprint density at radius 3 is 2.90 bits per heavy atom. The van der Waals surface area contributed by atoms with E-state index in [1.54, 1.807) is 12.1 Å². The monoisotopic (exact) mass is 323 g/mol.